The number of carbonyl (C=O) groups is 3. The molecule has 0 fully saturated rings. The van der Waals surface area contributed by atoms with Crippen LogP contribution in [0.25, 0.3) is 0 Å². The maximum absolute atomic E-state index is 13.0. The molecule has 0 spiro atoms. The van der Waals surface area contributed by atoms with E-state index in [4.69, 9.17) is 23.3 Å². The molecule has 0 radical (unpaired) electrons. The van der Waals surface area contributed by atoms with Crippen LogP contribution in [-0.4, -0.2) is 66.5 Å². The summed E-state index contributed by atoms with van der Waals surface area (Å²) < 4.78 is 39.8. The average molecular weight is 1180 g/mol. The number of ether oxygens (including phenoxy) is 3. The van der Waals surface area contributed by atoms with Crippen molar-refractivity contribution in [3.05, 3.63) is 24.3 Å². The Morgan fingerprint density at radius 3 is 0.927 bits per heavy atom. The minimum atomic E-state index is -4.75. The van der Waals surface area contributed by atoms with Crippen molar-refractivity contribution in [2.45, 2.75) is 380 Å². The van der Waals surface area contributed by atoms with Gasteiger partial charge in [-0.1, -0.05) is 321 Å². The summed E-state index contributed by atoms with van der Waals surface area (Å²) in [6.45, 7) is 4.73. The molecular formula is C70H133O11P. The van der Waals surface area contributed by atoms with Gasteiger partial charge in [0.05, 0.1) is 19.8 Å². The molecule has 0 aliphatic rings. The maximum atomic E-state index is 13.0. The predicted molar refractivity (Wildman–Crippen MR) is 344 cm³/mol. The van der Waals surface area contributed by atoms with Gasteiger partial charge in [0.1, 0.15) is 12.7 Å². The molecule has 3 atom stereocenters. The second-order valence-electron chi connectivity index (χ2n) is 24.1. The number of aliphatic hydroxyl groups excluding tert-OH is 1. The number of phosphoric acid groups is 1. The van der Waals surface area contributed by atoms with E-state index in [-0.39, 0.29) is 25.9 Å². The number of phosphoric ester groups is 1. The molecule has 0 saturated heterocycles. The lowest BCUT2D eigenvalue weighted by atomic mass is 10.0. The first-order chi connectivity index (χ1) is 40.2. The molecule has 484 valence electrons. The van der Waals surface area contributed by atoms with Crippen molar-refractivity contribution < 1.29 is 52.2 Å². The summed E-state index contributed by atoms with van der Waals surface area (Å²) in [4.78, 5) is 48.9. The topological polar surface area (TPSA) is 155 Å². The zero-order valence-electron chi connectivity index (χ0n) is 54.0. The molecule has 12 heteroatoms. The quantitative estimate of drug-likeness (QED) is 0.0197. The van der Waals surface area contributed by atoms with E-state index in [1.807, 2.05) is 0 Å². The van der Waals surface area contributed by atoms with Crippen molar-refractivity contribution in [1.29, 1.82) is 0 Å². The number of aliphatic hydroxyl groups is 1. The van der Waals surface area contributed by atoms with Crippen molar-refractivity contribution >= 4 is 25.7 Å². The van der Waals surface area contributed by atoms with Gasteiger partial charge >= 0.3 is 25.7 Å². The summed E-state index contributed by atoms with van der Waals surface area (Å²) in [5, 5.41) is 9.88. The monoisotopic (exact) mass is 1180 g/mol. The predicted octanol–water partition coefficient (Wildman–Crippen LogP) is 21.7. The Labute approximate surface area is 506 Å². The van der Waals surface area contributed by atoms with E-state index in [2.05, 4.69) is 45.1 Å². The third-order valence-electron chi connectivity index (χ3n) is 15.9. The fraction of sp³-hybridized carbons (Fsp3) is 0.900. The Kier molecular flexibility index (Phi) is 63.3. The van der Waals surface area contributed by atoms with Gasteiger partial charge in [-0.15, -0.1) is 0 Å². The molecule has 11 nitrogen and oxygen atoms in total. The van der Waals surface area contributed by atoms with Crippen LogP contribution in [-0.2, 0) is 42.2 Å². The maximum Gasteiger partial charge on any atom is 0.472 e. The van der Waals surface area contributed by atoms with Crippen LogP contribution in [0.15, 0.2) is 24.3 Å². The zero-order chi connectivity index (χ0) is 59.8. The van der Waals surface area contributed by atoms with Gasteiger partial charge in [0.2, 0.25) is 0 Å². The average Bonchev–Trinajstić information content (AvgIpc) is 3.50. The molecule has 82 heavy (non-hydrogen) atoms. The Balaban J connectivity index is 4.61. The molecule has 0 bridgehead atoms. The second kappa shape index (κ2) is 64.9. The summed E-state index contributed by atoms with van der Waals surface area (Å²) in [5.74, 6) is -1.43. The third kappa shape index (κ3) is 62.5. The number of rotatable bonds is 67. The summed E-state index contributed by atoms with van der Waals surface area (Å²) in [6, 6.07) is 0. The molecule has 0 amide bonds. The van der Waals surface area contributed by atoms with Crippen LogP contribution < -0.4 is 0 Å². The Morgan fingerprint density at radius 2 is 0.598 bits per heavy atom. The smallest absolute Gasteiger partial charge is 0.462 e. The Morgan fingerprint density at radius 1 is 0.341 bits per heavy atom. The van der Waals surface area contributed by atoms with E-state index in [0.29, 0.717) is 19.3 Å². The van der Waals surface area contributed by atoms with Gasteiger partial charge in [0.25, 0.3) is 0 Å². The van der Waals surface area contributed by atoms with Gasteiger partial charge < -0.3 is 24.2 Å². The van der Waals surface area contributed by atoms with Crippen molar-refractivity contribution in [2.75, 3.05) is 26.4 Å². The number of allylic oxidation sites excluding steroid dienone is 4. The molecule has 0 aliphatic carbocycles. The number of hydrogen-bond acceptors (Lipinski definition) is 10. The summed E-state index contributed by atoms with van der Waals surface area (Å²) >= 11 is 0. The molecule has 3 unspecified atom stereocenters. The van der Waals surface area contributed by atoms with Crippen LogP contribution in [0.1, 0.15) is 367 Å². The molecule has 0 aliphatic heterocycles. The van der Waals surface area contributed by atoms with E-state index in [1.54, 1.807) is 0 Å². The van der Waals surface area contributed by atoms with Gasteiger partial charge in [-0.3, -0.25) is 23.4 Å². The molecule has 0 aromatic heterocycles. The van der Waals surface area contributed by atoms with E-state index in [0.717, 1.165) is 70.6 Å². The molecule has 0 rings (SSSR count). The number of unbranched alkanes of at least 4 members (excludes halogenated alkanes) is 46. The normalized spacial score (nSPS) is 13.3. The Hall–Kier alpha value is -2.04. The van der Waals surface area contributed by atoms with Crippen LogP contribution >= 0.6 is 7.82 Å². The molecule has 0 aromatic carbocycles. The van der Waals surface area contributed by atoms with E-state index in [9.17, 15) is 28.9 Å². The fourth-order valence-corrected chi connectivity index (χ4v) is 11.3. The number of carbonyl (C=O) groups excluding carboxylic acids is 3. The number of hydrogen-bond donors (Lipinski definition) is 2. The minimum absolute atomic E-state index is 0.169. The van der Waals surface area contributed by atoms with Crippen LogP contribution in [0.5, 0.6) is 0 Å². The first-order valence-corrected chi connectivity index (χ1v) is 36.7. The first-order valence-electron chi connectivity index (χ1n) is 35.2. The Bertz CT molecular complexity index is 1470. The fourth-order valence-electron chi connectivity index (χ4n) is 10.5. The third-order valence-corrected chi connectivity index (χ3v) is 16.8. The highest BCUT2D eigenvalue weighted by Crippen LogP contribution is 2.43. The van der Waals surface area contributed by atoms with Crippen molar-refractivity contribution in [3.8, 4) is 0 Å². The lowest BCUT2D eigenvalue weighted by molar-refractivity contribution is -0.161. The highest BCUT2D eigenvalue weighted by Gasteiger charge is 2.28. The van der Waals surface area contributed by atoms with Gasteiger partial charge in [0, 0.05) is 19.3 Å². The molecular weight excluding hydrogens is 1050 g/mol. The summed E-state index contributed by atoms with van der Waals surface area (Å²) in [5.41, 5.74) is 0. The zero-order valence-corrected chi connectivity index (χ0v) is 54.9. The minimum Gasteiger partial charge on any atom is -0.462 e. The van der Waals surface area contributed by atoms with Crippen LogP contribution in [0.3, 0.4) is 0 Å². The molecule has 0 heterocycles. The van der Waals surface area contributed by atoms with Gasteiger partial charge in [-0.25, -0.2) is 4.57 Å². The highest BCUT2D eigenvalue weighted by molar-refractivity contribution is 7.47. The number of esters is 3. The van der Waals surface area contributed by atoms with Crippen LogP contribution in [0.4, 0.5) is 0 Å². The van der Waals surface area contributed by atoms with Crippen molar-refractivity contribution in [1.82, 2.24) is 0 Å². The van der Waals surface area contributed by atoms with E-state index >= 15 is 0 Å². The summed E-state index contributed by atoms with van der Waals surface area (Å²) in [6.07, 6.45) is 69.8. The van der Waals surface area contributed by atoms with E-state index in [1.165, 1.54) is 238 Å². The lowest BCUT2D eigenvalue weighted by Crippen LogP contribution is -2.30. The standard InChI is InChI=1S/C70H133O11P/c1-4-7-10-13-16-19-22-25-28-31-33-36-39-42-45-48-51-54-57-60-69(73)80-66(62-71)64-78-82(75,76)79-65-67(63-77-68(72)59-56-53-50-47-44-41-38-35-30-27-24-21-18-15-12-9-6-3)81-70(74)61-58-55-52-49-46-43-40-37-34-32-29-26-23-20-17-14-11-8-5-2/h17,20,26,29,66-67,71H,4-16,18-19,21-25,27-28,30-65H2,1-3H3,(H,75,76)/b20-17-,29-26-. The second-order valence-corrected chi connectivity index (χ2v) is 25.5. The van der Waals surface area contributed by atoms with Gasteiger partial charge in [-0.2, -0.15) is 0 Å². The SMILES string of the molecule is CCCCC/C=C\C/C=C\CCCCCCCCCCCC(=O)OC(COC(=O)CCCCCCCCCCCCCCCCCCC)COP(=O)(O)OCC(CO)OC(=O)CCCCCCCCCCCCCCCCCCCCC. The van der Waals surface area contributed by atoms with Crippen molar-refractivity contribution in [3.63, 3.8) is 0 Å². The molecule has 0 saturated carbocycles. The highest BCUT2D eigenvalue weighted by atomic mass is 31.2. The van der Waals surface area contributed by atoms with Crippen LogP contribution in [0, 0.1) is 0 Å². The lowest BCUT2D eigenvalue weighted by Gasteiger charge is -2.21. The summed E-state index contributed by atoms with van der Waals surface area (Å²) in [7, 11) is -4.75. The largest absolute Gasteiger partial charge is 0.472 e. The first kappa shape index (κ1) is 80.0. The molecule has 2 N–H and O–H groups in total. The van der Waals surface area contributed by atoms with E-state index < -0.39 is 57.8 Å². The van der Waals surface area contributed by atoms with Crippen molar-refractivity contribution in [2.24, 2.45) is 0 Å². The van der Waals surface area contributed by atoms with Gasteiger partial charge in [-0.05, 0) is 51.4 Å². The molecule has 0 aromatic rings. The van der Waals surface area contributed by atoms with Crippen LogP contribution in [0.2, 0.25) is 0 Å². The van der Waals surface area contributed by atoms with Gasteiger partial charge in [0.15, 0.2) is 6.10 Å².